The van der Waals surface area contributed by atoms with Crippen LogP contribution >= 0.6 is 0 Å². The third-order valence-electron chi connectivity index (χ3n) is 8.37. The standard InChI is InChI=1S/C29H28N4O2/c1-17-23-11-10-22-26(29(23,2)14-19(15-30)25(17)34)32-27(33-28(22)35-16-18-6-5-7-18)21-12-13-31-24-9-4-3-8-20(21)24/h3-4,8-9,12-14,17-18,23H,5-7,10-11,16H2,1-2H3/t17-,23-,29-/m1/s1. The number of ether oxygens (including phenoxy) is 1. The molecule has 6 rings (SSSR count). The van der Waals surface area contributed by atoms with Crippen LogP contribution in [0.3, 0.4) is 0 Å². The molecule has 0 radical (unpaired) electrons. The lowest BCUT2D eigenvalue weighted by molar-refractivity contribution is -0.121. The third kappa shape index (κ3) is 3.44. The highest BCUT2D eigenvalue weighted by atomic mass is 16.5. The number of nitrogens with zero attached hydrogens (tertiary/aromatic N) is 4. The number of para-hydroxylation sites is 1. The number of nitriles is 1. The predicted molar refractivity (Wildman–Crippen MR) is 133 cm³/mol. The number of Topliss-reactive ketones (excluding diaryl/α,β-unsaturated/α-hetero) is 1. The van der Waals surface area contributed by atoms with Crippen molar-refractivity contribution in [2.75, 3.05) is 6.61 Å². The number of hydrogen-bond donors (Lipinski definition) is 0. The second-order valence-electron chi connectivity index (χ2n) is 10.4. The molecule has 0 N–H and O–H groups in total. The van der Waals surface area contributed by atoms with Gasteiger partial charge >= 0.3 is 0 Å². The van der Waals surface area contributed by atoms with Gasteiger partial charge in [-0.15, -0.1) is 0 Å². The number of fused-ring (bicyclic) bond motifs is 4. The van der Waals surface area contributed by atoms with Gasteiger partial charge in [0.1, 0.15) is 6.07 Å². The Morgan fingerprint density at radius 3 is 2.77 bits per heavy atom. The average Bonchev–Trinajstić information content (AvgIpc) is 2.85. The summed E-state index contributed by atoms with van der Waals surface area (Å²) in [4.78, 5) is 27.5. The molecule has 35 heavy (non-hydrogen) atoms. The van der Waals surface area contributed by atoms with E-state index < -0.39 is 5.41 Å². The topological polar surface area (TPSA) is 88.8 Å². The van der Waals surface area contributed by atoms with Gasteiger partial charge in [0.25, 0.3) is 0 Å². The number of allylic oxidation sites excluding steroid dienone is 2. The minimum Gasteiger partial charge on any atom is -0.477 e. The van der Waals surface area contributed by atoms with Crippen LogP contribution in [0.15, 0.2) is 48.2 Å². The Labute approximate surface area is 205 Å². The summed E-state index contributed by atoms with van der Waals surface area (Å²) in [7, 11) is 0. The fourth-order valence-corrected chi connectivity index (χ4v) is 6.13. The molecule has 0 aliphatic heterocycles. The van der Waals surface area contributed by atoms with Crippen LogP contribution in [0.1, 0.15) is 50.8 Å². The smallest absolute Gasteiger partial charge is 0.220 e. The number of carbonyl (C=O) groups excluding carboxylic acids is 1. The number of carbonyl (C=O) groups is 1. The Balaban J connectivity index is 1.56. The molecule has 6 nitrogen and oxygen atoms in total. The summed E-state index contributed by atoms with van der Waals surface area (Å²) < 4.78 is 6.39. The van der Waals surface area contributed by atoms with Crippen LogP contribution in [-0.2, 0) is 16.6 Å². The van der Waals surface area contributed by atoms with E-state index in [-0.39, 0.29) is 23.2 Å². The quantitative estimate of drug-likeness (QED) is 0.516. The molecule has 0 bridgehead atoms. The van der Waals surface area contributed by atoms with E-state index in [4.69, 9.17) is 14.7 Å². The number of rotatable bonds is 4. The van der Waals surface area contributed by atoms with Crippen molar-refractivity contribution in [3.05, 3.63) is 59.4 Å². The third-order valence-corrected chi connectivity index (χ3v) is 8.37. The molecular weight excluding hydrogens is 436 g/mol. The average molecular weight is 465 g/mol. The normalized spacial score (nSPS) is 25.7. The number of pyridine rings is 1. The van der Waals surface area contributed by atoms with Crippen molar-refractivity contribution in [1.29, 1.82) is 5.26 Å². The Hall–Kier alpha value is -3.59. The molecule has 3 aromatic rings. The lowest BCUT2D eigenvalue weighted by atomic mass is 9.58. The lowest BCUT2D eigenvalue weighted by Crippen LogP contribution is -2.46. The van der Waals surface area contributed by atoms with Crippen LogP contribution in [-0.4, -0.2) is 27.3 Å². The molecule has 3 atom stereocenters. The van der Waals surface area contributed by atoms with Gasteiger partial charge in [0.05, 0.1) is 23.4 Å². The maximum Gasteiger partial charge on any atom is 0.220 e. The van der Waals surface area contributed by atoms with Gasteiger partial charge in [-0.2, -0.15) is 10.2 Å². The Morgan fingerprint density at radius 1 is 1.17 bits per heavy atom. The van der Waals surface area contributed by atoms with Crippen LogP contribution in [0.2, 0.25) is 0 Å². The molecule has 0 amide bonds. The molecule has 0 spiro atoms. The summed E-state index contributed by atoms with van der Waals surface area (Å²) in [6.07, 6.45) is 8.90. The second-order valence-corrected chi connectivity index (χ2v) is 10.4. The molecule has 1 saturated carbocycles. The molecule has 1 aromatic carbocycles. The Kier molecular flexibility index (Phi) is 5.17. The van der Waals surface area contributed by atoms with E-state index in [2.05, 4.69) is 18.0 Å². The summed E-state index contributed by atoms with van der Waals surface area (Å²) in [6, 6.07) is 12.1. The number of ketones is 1. The van der Waals surface area contributed by atoms with E-state index in [9.17, 15) is 10.1 Å². The predicted octanol–water partition coefficient (Wildman–Crippen LogP) is 5.36. The van der Waals surface area contributed by atoms with E-state index in [0.717, 1.165) is 40.6 Å². The van der Waals surface area contributed by atoms with Gasteiger partial charge in [0, 0.05) is 34.0 Å². The monoisotopic (exact) mass is 464 g/mol. The van der Waals surface area contributed by atoms with Crippen LogP contribution in [0.25, 0.3) is 22.3 Å². The van der Waals surface area contributed by atoms with Crippen molar-refractivity contribution in [1.82, 2.24) is 15.0 Å². The first-order valence-electron chi connectivity index (χ1n) is 12.5. The Morgan fingerprint density at radius 2 is 2.00 bits per heavy atom. The molecule has 2 heterocycles. The second kappa shape index (κ2) is 8.27. The van der Waals surface area contributed by atoms with Crippen molar-refractivity contribution >= 4 is 16.7 Å². The van der Waals surface area contributed by atoms with Crippen LogP contribution in [0, 0.1) is 29.1 Å². The molecule has 6 heteroatoms. The van der Waals surface area contributed by atoms with Crippen molar-refractivity contribution in [2.24, 2.45) is 17.8 Å². The number of aromatic nitrogens is 3. The first kappa shape index (κ1) is 21.9. The fourth-order valence-electron chi connectivity index (χ4n) is 6.13. The van der Waals surface area contributed by atoms with Gasteiger partial charge < -0.3 is 4.74 Å². The van der Waals surface area contributed by atoms with Crippen LogP contribution in [0.5, 0.6) is 5.88 Å². The largest absolute Gasteiger partial charge is 0.477 e. The highest BCUT2D eigenvalue weighted by Gasteiger charge is 2.50. The molecular formula is C29H28N4O2. The van der Waals surface area contributed by atoms with Gasteiger partial charge in [-0.3, -0.25) is 9.78 Å². The summed E-state index contributed by atoms with van der Waals surface area (Å²) in [5.41, 5.74) is 3.38. The number of benzene rings is 1. The highest BCUT2D eigenvalue weighted by molar-refractivity contribution is 6.02. The van der Waals surface area contributed by atoms with Crippen molar-refractivity contribution in [3.63, 3.8) is 0 Å². The van der Waals surface area contributed by atoms with Gasteiger partial charge in [-0.1, -0.05) is 44.5 Å². The van der Waals surface area contributed by atoms with Crippen molar-refractivity contribution in [3.8, 4) is 23.3 Å². The van der Waals surface area contributed by atoms with E-state index in [1.807, 2.05) is 43.3 Å². The summed E-state index contributed by atoms with van der Waals surface area (Å²) in [5.74, 6) is 1.62. The maximum atomic E-state index is 12.8. The van der Waals surface area contributed by atoms with Gasteiger partial charge in [0.2, 0.25) is 5.88 Å². The van der Waals surface area contributed by atoms with Crippen LogP contribution < -0.4 is 4.74 Å². The number of hydrogen-bond acceptors (Lipinski definition) is 6. The molecule has 0 unspecified atom stereocenters. The van der Waals surface area contributed by atoms with E-state index in [1.54, 1.807) is 6.20 Å². The molecule has 3 aliphatic carbocycles. The van der Waals surface area contributed by atoms with Crippen molar-refractivity contribution in [2.45, 2.75) is 51.4 Å². The SMILES string of the molecule is C[C@H]1C(=O)C(C#N)=C[C@@]2(C)c3nc(-c4ccnc5ccccc45)nc(OCC4CCC4)c3CC[C@H]12. The van der Waals surface area contributed by atoms with Gasteiger partial charge in [-0.05, 0) is 49.7 Å². The lowest BCUT2D eigenvalue weighted by Gasteiger charge is -2.45. The minimum absolute atomic E-state index is 0.0608. The highest BCUT2D eigenvalue weighted by Crippen LogP contribution is 2.51. The molecule has 0 saturated heterocycles. The Bertz CT molecular complexity index is 1410. The summed E-state index contributed by atoms with van der Waals surface area (Å²) >= 11 is 0. The zero-order chi connectivity index (χ0) is 24.2. The van der Waals surface area contributed by atoms with E-state index in [1.165, 1.54) is 19.3 Å². The molecule has 2 aromatic heterocycles. The van der Waals surface area contributed by atoms with E-state index in [0.29, 0.717) is 24.2 Å². The van der Waals surface area contributed by atoms with Gasteiger partial charge in [0.15, 0.2) is 11.6 Å². The van der Waals surface area contributed by atoms with E-state index >= 15 is 0 Å². The van der Waals surface area contributed by atoms with Crippen LogP contribution in [0.4, 0.5) is 0 Å². The van der Waals surface area contributed by atoms with Crippen molar-refractivity contribution < 1.29 is 9.53 Å². The zero-order valence-electron chi connectivity index (χ0n) is 20.1. The summed E-state index contributed by atoms with van der Waals surface area (Å²) in [5, 5.41) is 10.7. The molecule has 3 aliphatic rings. The maximum absolute atomic E-state index is 12.8. The first-order chi connectivity index (χ1) is 17.0. The minimum atomic E-state index is -0.541. The zero-order valence-corrected chi connectivity index (χ0v) is 20.1. The van der Waals surface area contributed by atoms with Gasteiger partial charge in [-0.25, -0.2) is 4.98 Å². The fraction of sp³-hybridized carbons (Fsp3) is 0.414. The first-order valence-corrected chi connectivity index (χ1v) is 12.5. The molecule has 1 fully saturated rings. The summed E-state index contributed by atoms with van der Waals surface area (Å²) in [6.45, 7) is 4.73. The molecule has 176 valence electrons.